The third kappa shape index (κ3) is 1.73. The highest BCUT2D eigenvalue weighted by Gasteiger charge is 2.65. The maximum absolute atomic E-state index is 11.0. The third-order valence-corrected chi connectivity index (χ3v) is 8.92. The summed E-state index contributed by atoms with van der Waals surface area (Å²) in [5.41, 5.74) is 1.22. The van der Waals surface area contributed by atoms with Crippen molar-refractivity contribution in [2.24, 2.45) is 39.9 Å². The van der Waals surface area contributed by atoms with Gasteiger partial charge in [0, 0.05) is 5.41 Å². The van der Waals surface area contributed by atoms with Crippen molar-refractivity contribution in [2.75, 3.05) is 0 Å². The molecule has 4 saturated carbocycles. The van der Waals surface area contributed by atoms with Crippen molar-refractivity contribution in [1.29, 1.82) is 0 Å². The Morgan fingerprint density at radius 2 is 1.62 bits per heavy atom. The van der Waals surface area contributed by atoms with Gasteiger partial charge < -0.3 is 5.11 Å². The van der Waals surface area contributed by atoms with Crippen LogP contribution in [0.4, 0.5) is 0 Å². The Morgan fingerprint density at radius 1 is 0.857 bits per heavy atom. The Morgan fingerprint density at radius 3 is 2.38 bits per heavy atom. The molecule has 1 N–H and O–H groups in total. The number of aliphatic hydroxyl groups is 1. The molecule has 2 bridgehead atoms. The molecular weight excluding hydrogens is 256 g/mol. The average molecular weight is 290 g/mol. The van der Waals surface area contributed by atoms with Crippen LogP contribution in [0.5, 0.6) is 0 Å². The Hall–Kier alpha value is -0.0400. The Labute approximate surface area is 130 Å². The second kappa shape index (κ2) is 4.28. The Balaban J connectivity index is 1.76. The van der Waals surface area contributed by atoms with E-state index in [1.54, 1.807) is 0 Å². The van der Waals surface area contributed by atoms with Crippen LogP contribution < -0.4 is 0 Å². The van der Waals surface area contributed by atoms with Crippen LogP contribution >= 0.6 is 0 Å². The molecule has 1 nitrogen and oxygen atoms in total. The van der Waals surface area contributed by atoms with Crippen LogP contribution in [0.15, 0.2) is 0 Å². The summed E-state index contributed by atoms with van der Waals surface area (Å²) in [6, 6.07) is 0. The highest BCUT2D eigenvalue weighted by Crippen LogP contribution is 2.72. The van der Waals surface area contributed by atoms with Gasteiger partial charge in [-0.1, -0.05) is 27.7 Å². The number of fused-ring (bicyclic) bond motifs is 3. The van der Waals surface area contributed by atoms with Gasteiger partial charge in [0.15, 0.2) is 0 Å². The molecule has 0 saturated heterocycles. The maximum atomic E-state index is 11.0. The van der Waals surface area contributed by atoms with E-state index in [0.717, 1.165) is 30.1 Å². The molecule has 0 aromatic heterocycles. The standard InChI is InChI=1S/C20H34O/c1-13-11-20-10-7-15-18(2,3)9-8-17(21)19(15,4)16(20)6-5-14(13)12-20/h13-17,21H,5-12H2,1-4H3/t13-,14+,15+,16-,17?,19+,20+/m1/s1. The van der Waals surface area contributed by atoms with E-state index >= 15 is 0 Å². The lowest BCUT2D eigenvalue weighted by Crippen LogP contribution is -2.61. The first-order valence-electron chi connectivity index (χ1n) is 9.48. The molecule has 1 spiro atoms. The molecule has 4 aliphatic carbocycles. The largest absolute Gasteiger partial charge is 0.393 e. The van der Waals surface area contributed by atoms with Gasteiger partial charge in [-0.3, -0.25) is 0 Å². The van der Waals surface area contributed by atoms with Gasteiger partial charge in [0.1, 0.15) is 0 Å². The van der Waals surface area contributed by atoms with Crippen LogP contribution in [0.25, 0.3) is 0 Å². The fourth-order valence-corrected chi connectivity index (χ4v) is 8.00. The predicted octanol–water partition coefficient (Wildman–Crippen LogP) is 5.03. The van der Waals surface area contributed by atoms with Crippen molar-refractivity contribution in [1.82, 2.24) is 0 Å². The summed E-state index contributed by atoms with van der Waals surface area (Å²) in [5, 5.41) is 11.0. The molecule has 0 aromatic rings. The molecule has 1 unspecified atom stereocenters. The number of hydrogen-bond donors (Lipinski definition) is 1. The minimum absolute atomic E-state index is 0.0508. The quantitative estimate of drug-likeness (QED) is 0.663. The normalized spacial score (nSPS) is 58.4. The van der Waals surface area contributed by atoms with Gasteiger partial charge in [-0.25, -0.2) is 0 Å². The summed E-state index contributed by atoms with van der Waals surface area (Å²) in [6.45, 7) is 9.93. The highest BCUT2D eigenvalue weighted by atomic mass is 16.3. The lowest BCUT2D eigenvalue weighted by molar-refractivity contribution is -0.199. The van der Waals surface area contributed by atoms with Crippen molar-refractivity contribution in [3.05, 3.63) is 0 Å². The zero-order valence-corrected chi connectivity index (χ0v) is 14.5. The first-order valence-corrected chi connectivity index (χ1v) is 9.48. The van der Waals surface area contributed by atoms with Gasteiger partial charge in [0.2, 0.25) is 0 Å². The minimum Gasteiger partial charge on any atom is -0.393 e. The fraction of sp³-hybridized carbons (Fsp3) is 1.00. The lowest BCUT2D eigenvalue weighted by atomic mass is 9.40. The van der Waals surface area contributed by atoms with Gasteiger partial charge in [0.05, 0.1) is 6.10 Å². The van der Waals surface area contributed by atoms with E-state index in [-0.39, 0.29) is 11.5 Å². The molecule has 0 heterocycles. The molecule has 0 amide bonds. The highest BCUT2D eigenvalue weighted by molar-refractivity contribution is 5.14. The van der Waals surface area contributed by atoms with Crippen LogP contribution in [0.3, 0.4) is 0 Å². The molecule has 21 heavy (non-hydrogen) atoms. The van der Waals surface area contributed by atoms with Crippen LogP contribution in [-0.2, 0) is 0 Å². The van der Waals surface area contributed by atoms with Crippen molar-refractivity contribution < 1.29 is 5.11 Å². The molecular formula is C20H34O. The maximum Gasteiger partial charge on any atom is 0.0599 e. The smallest absolute Gasteiger partial charge is 0.0599 e. The molecule has 0 aromatic carbocycles. The molecule has 120 valence electrons. The zero-order chi connectivity index (χ0) is 15.0. The number of hydrogen-bond acceptors (Lipinski definition) is 1. The van der Waals surface area contributed by atoms with Crippen molar-refractivity contribution in [3.8, 4) is 0 Å². The van der Waals surface area contributed by atoms with Crippen LogP contribution in [0.1, 0.15) is 79.1 Å². The first kappa shape index (κ1) is 14.5. The van der Waals surface area contributed by atoms with Crippen molar-refractivity contribution >= 4 is 0 Å². The second-order valence-corrected chi connectivity index (χ2v) is 10.1. The monoisotopic (exact) mass is 290 g/mol. The molecule has 7 atom stereocenters. The molecule has 4 aliphatic rings. The molecule has 4 fully saturated rings. The summed E-state index contributed by atoms with van der Waals surface area (Å²) >= 11 is 0. The van der Waals surface area contributed by atoms with E-state index in [9.17, 15) is 5.11 Å². The molecule has 0 radical (unpaired) electrons. The predicted molar refractivity (Wildman–Crippen MR) is 86.9 cm³/mol. The van der Waals surface area contributed by atoms with E-state index in [2.05, 4.69) is 27.7 Å². The van der Waals surface area contributed by atoms with Crippen LogP contribution in [-0.4, -0.2) is 11.2 Å². The average Bonchev–Trinajstić information content (AvgIpc) is 2.65. The summed E-state index contributed by atoms with van der Waals surface area (Å²) < 4.78 is 0. The Bertz CT molecular complexity index is 437. The summed E-state index contributed by atoms with van der Waals surface area (Å²) in [7, 11) is 0. The second-order valence-electron chi connectivity index (χ2n) is 10.1. The lowest BCUT2D eigenvalue weighted by Gasteiger charge is -2.65. The van der Waals surface area contributed by atoms with Crippen molar-refractivity contribution in [2.45, 2.75) is 85.2 Å². The zero-order valence-electron chi connectivity index (χ0n) is 14.5. The van der Waals surface area contributed by atoms with E-state index in [1.165, 1.54) is 44.9 Å². The van der Waals surface area contributed by atoms with E-state index in [1.807, 2.05) is 0 Å². The van der Waals surface area contributed by atoms with E-state index in [0.29, 0.717) is 10.8 Å². The topological polar surface area (TPSA) is 20.2 Å². The van der Waals surface area contributed by atoms with Gasteiger partial charge in [-0.2, -0.15) is 0 Å². The summed E-state index contributed by atoms with van der Waals surface area (Å²) in [5.74, 6) is 3.45. The van der Waals surface area contributed by atoms with Crippen molar-refractivity contribution in [3.63, 3.8) is 0 Å². The summed E-state index contributed by atoms with van der Waals surface area (Å²) in [6.07, 6.45) is 10.8. The van der Waals surface area contributed by atoms with Crippen LogP contribution in [0, 0.1) is 39.9 Å². The fourth-order valence-electron chi connectivity index (χ4n) is 8.00. The first-order chi connectivity index (χ1) is 9.80. The molecule has 4 rings (SSSR count). The van der Waals surface area contributed by atoms with Gasteiger partial charge >= 0.3 is 0 Å². The van der Waals surface area contributed by atoms with Gasteiger partial charge in [-0.05, 0) is 85.9 Å². The van der Waals surface area contributed by atoms with Crippen LogP contribution in [0.2, 0.25) is 0 Å². The number of aliphatic hydroxyl groups excluding tert-OH is 1. The van der Waals surface area contributed by atoms with Gasteiger partial charge in [-0.15, -0.1) is 0 Å². The summed E-state index contributed by atoms with van der Waals surface area (Å²) in [4.78, 5) is 0. The molecule has 0 aliphatic heterocycles. The molecule has 1 heteroatoms. The number of rotatable bonds is 0. The SMILES string of the molecule is C[C@@H]1C[C@]23CC[C@H]4C(C)(C)CCC(O)[C@]4(C)[C@H]2CC[C@H]1C3. The minimum atomic E-state index is -0.0508. The third-order valence-electron chi connectivity index (χ3n) is 8.92. The Kier molecular flexibility index (Phi) is 2.96. The van der Waals surface area contributed by atoms with E-state index in [4.69, 9.17) is 0 Å². The van der Waals surface area contributed by atoms with E-state index < -0.39 is 0 Å². The van der Waals surface area contributed by atoms with Gasteiger partial charge in [0.25, 0.3) is 0 Å².